The van der Waals surface area contributed by atoms with Crippen LogP contribution in [0.3, 0.4) is 0 Å². The van der Waals surface area contributed by atoms with Gasteiger partial charge in [0.1, 0.15) is 0 Å². The van der Waals surface area contributed by atoms with Crippen molar-refractivity contribution in [1.29, 1.82) is 0 Å². The van der Waals surface area contributed by atoms with Gasteiger partial charge in [0.05, 0.1) is 12.1 Å². The van der Waals surface area contributed by atoms with Crippen molar-refractivity contribution in [3.8, 4) is 0 Å². The summed E-state index contributed by atoms with van der Waals surface area (Å²) in [6.45, 7) is 8.40. The van der Waals surface area contributed by atoms with E-state index in [2.05, 4.69) is 39.4 Å². The van der Waals surface area contributed by atoms with Crippen molar-refractivity contribution in [2.24, 2.45) is 10.9 Å². The number of carbonyl (C=O) groups excluding carboxylic acids is 1. The summed E-state index contributed by atoms with van der Waals surface area (Å²) in [7, 11) is 0. The number of piperidine rings is 1. The van der Waals surface area contributed by atoms with Crippen molar-refractivity contribution < 1.29 is 4.79 Å². The van der Waals surface area contributed by atoms with Crippen molar-refractivity contribution in [1.82, 2.24) is 20.5 Å². The molecule has 0 aromatic carbocycles. The SMILES string of the molecule is CCNC(=NCCNC(=O)c1cccnc1)N1CCCC(C)C1. The lowest BCUT2D eigenvalue weighted by Crippen LogP contribution is -2.46. The van der Waals surface area contributed by atoms with E-state index in [9.17, 15) is 4.79 Å². The first kappa shape index (κ1) is 17.2. The van der Waals surface area contributed by atoms with E-state index in [1.165, 1.54) is 12.8 Å². The summed E-state index contributed by atoms with van der Waals surface area (Å²) in [4.78, 5) is 22.8. The molecule has 2 N–H and O–H groups in total. The van der Waals surface area contributed by atoms with Crippen molar-refractivity contribution in [2.75, 3.05) is 32.7 Å². The maximum atomic E-state index is 11.9. The zero-order valence-corrected chi connectivity index (χ0v) is 14.1. The number of guanidine groups is 1. The quantitative estimate of drug-likeness (QED) is 0.491. The number of hydrogen-bond acceptors (Lipinski definition) is 3. The molecule has 1 aromatic heterocycles. The minimum Gasteiger partial charge on any atom is -0.357 e. The van der Waals surface area contributed by atoms with E-state index in [4.69, 9.17) is 0 Å². The summed E-state index contributed by atoms with van der Waals surface area (Å²) in [5.41, 5.74) is 0.577. The van der Waals surface area contributed by atoms with Crippen LogP contribution in [-0.2, 0) is 0 Å². The molecule has 2 rings (SSSR count). The zero-order valence-electron chi connectivity index (χ0n) is 14.1. The van der Waals surface area contributed by atoms with Gasteiger partial charge in [-0.3, -0.25) is 14.8 Å². The minimum absolute atomic E-state index is 0.107. The predicted octanol–water partition coefficient (Wildman–Crippen LogP) is 1.51. The van der Waals surface area contributed by atoms with Crippen LogP contribution in [0.15, 0.2) is 29.5 Å². The van der Waals surface area contributed by atoms with Crippen molar-refractivity contribution in [3.05, 3.63) is 30.1 Å². The number of pyridine rings is 1. The molecule has 126 valence electrons. The van der Waals surface area contributed by atoms with Gasteiger partial charge in [-0.15, -0.1) is 0 Å². The molecule has 1 fully saturated rings. The predicted molar refractivity (Wildman–Crippen MR) is 92.5 cm³/mol. The molecule has 1 aliphatic rings. The number of amides is 1. The molecule has 0 spiro atoms. The van der Waals surface area contributed by atoms with E-state index in [0.29, 0.717) is 24.6 Å². The highest BCUT2D eigenvalue weighted by atomic mass is 16.1. The molecule has 1 amide bonds. The summed E-state index contributed by atoms with van der Waals surface area (Å²) in [5, 5.41) is 6.22. The van der Waals surface area contributed by atoms with Gasteiger partial charge >= 0.3 is 0 Å². The number of aromatic nitrogens is 1. The van der Waals surface area contributed by atoms with Gasteiger partial charge in [0.25, 0.3) is 5.91 Å². The van der Waals surface area contributed by atoms with Gasteiger partial charge in [-0.1, -0.05) is 6.92 Å². The first-order chi connectivity index (χ1) is 11.2. The number of nitrogens with zero attached hydrogens (tertiary/aromatic N) is 3. The molecule has 6 heteroatoms. The fourth-order valence-electron chi connectivity index (χ4n) is 2.74. The monoisotopic (exact) mass is 317 g/mol. The summed E-state index contributed by atoms with van der Waals surface area (Å²) in [6, 6.07) is 3.51. The van der Waals surface area contributed by atoms with Crippen LogP contribution in [-0.4, -0.2) is 54.5 Å². The first-order valence-corrected chi connectivity index (χ1v) is 8.42. The third kappa shape index (κ3) is 5.54. The minimum atomic E-state index is -0.107. The average Bonchev–Trinajstić information content (AvgIpc) is 2.58. The number of rotatable bonds is 5. The average molecular weight is 317 g/mol. The molecule has 0 saturated carbocycles. The second kappa shape index (κ2) is 9.12. The molecule has 0 bridgehead atoms. The van der Waals surface area contributed by atoms with E-state index >= 15 is 0 Å². The maximum absolute atomic E-state index is 11.9. The van der Waals surface area contributed by atoms with Gasteiger partial charge in [0.15, 0.2) is 5.96 Å². The number of likely N-dealkylation sites (tertiary alicyclic amines) is 1. The van der Waals surface area contributed by atoms with Crippen molar-refractivity contribution in [2.45, 2.75) is 26.7 Å². The van der Waals surface area contributed by atoms with Crippen molar-refractivity contribution in [3.63, 3.8) is 0 Å². The molecule has 2 heterocycles. The Morgan fingerprint density at radius 2 is 2.35 bits per heavy atom. The van der Waals surface area contributed by atoms with E-state index in [-0.39, 0.29) is 5.91 Å². The lowest BCUT2D eigenvalue weighted by atomic mass is 10.0. The lowest BCUT2D eigenvalue weighted by molar-refractivity contribution is 0.0954. The van der Waals surface area contributed by atoms with E-state index in [1.807, 2.05) is 0 Å². The summed E-state index contributed by atoms with van der Waals surface area (Å²) < 4.78 is 0. The summed E-state index contributed by atoms with van der Waals surface area (Å²) in [6.07, 6.45) is 5.72. The Balaban J connectivity index is 1.82. The van der Waals surface area contributed by atoms with E-state index in [1.54, 1.807) is 24.5 Å². The molecule has 0 radical (unpaired) electrons. The Kier molecular flexibility index (Phi) is 6.84. The Labute approximate surface area is 138 Å². The van der Waals surface area contributed by atoms with E-state index < -0.39 is 0 Å². The van der Waals surface area contributed by atoms with Crippen LogP contribution < -0.4 is 10.6 Å². The normalized spacial score (nSPS) is 18.6. The number of aliphatic imine (C=N–C) groups is 1. The molecule has 0 aliphatic carbocycles. The van der Waals surface area contributed by atoms with Crippen LogP contribution >= 0.6 is 0 Å². The summed E-state index contributed by atoms with van der Waals surface area (Å²) in [5.74, 6) is 1.55. The van der Waals surface area contributed by atoms with Crippen LogP contribution in [0.1, 0.15) is 37.0 Å². The van der Waals surface area contributed by atoms with Crippen LogP contribution in [0.2, 0.25) is 0 Å². The van der Waals surface area contributed by atoms with Crippen molar-refractivity contribution >= 4 is 11.9 Å². The smallest absolute Gasteiger partial charge is 0.252 e. The molecular weight excluding hydrogens is 290 g/mol. The third-order valence-electron chi connectivity index (χ3n) is 3.87. The third-order valence-corrected chi connectivity index (χ3v) is 3.87. The Hall–Kier alpha value is -2.11. The molecule has 1 atom stereocenters. The van der Waals surface area contributed by atoms with E-state index in [0.717, 1.165) is 25.6 Å². The standard InChI is InChI=1S/C17H27N5O/c1-3-19-17(22-11-5-6-14(2)13-22)21-10-9-20-16(23)15-7-4-8-18-12-15/h4,7-8,12,14H,3,5-6,9-11,13H2,1-2H3,(H,19,21)(H,20,23). The second-order valence-corrected chi connectivity index (χ2v) is 5.93. The van der Waals surface area contributed by atoms with Gasteiger partial charge in [-0.2, -0.15) is 0 Å². The fraction of sp³-hybridized carbons (Fsp3) is 0.588. The first-order valence-electron chi connectivity index (χ1n) is 8.42. The highest BCUT2D eigenvalue weighted by molar-refractivity contribution is 5.93. The van der Waals surface area contributed by atoms with Gasteiger partial charge in [0, 0.05) is 38.6 Å². The Morgan fingerprint density at radius 1 is 1.48 bits per heavy atom. The van der Waals surface area contributed by atoms with Crippen LogP contribution in [0.5, 0.6) is 0 Å². The van der Waals surface area contributed by atoms with Crippen LogP contribution in [0.4, 0.5) is 0 Å². The molecule has 1 unspecified atom stereocenters. The van der Waals surface area contributed by atoms with Crippen LogP contribution in [0.25, 0.3) is 0 Å². The van der Waals surface area contributed by atoms with Gasteiger partial charge in [-0.05, 0) is 37.8 Å². The molecule has 6 nitrogen and oxygen atoms in total. The molecule has 23 heavy (non-hydrogen) atoms. The highest BCUT2D eigenvalue weighted by Gasteiger charge is 2.18. The molecule has 1 saturated heterocycles. The lowest BCUT2D eigenvalue weighted by Gasteiger charge is -2.33. The zero-order chi connectivity index (χ0) is 16.5. The number of carbonyl (C=O) groups is 1. The number of hydrogen-bond donors (Lipinski definition) is 2. The Bertz CT molecular complexity index is 517. The maximum Gasteiger partial charge on any atom is 0.252 e. The van der Waals surface area contributed by atoms with Gasteiger partial charge in [-0.25, -0.2) is 0 Å². The molecule has 1 aromatic rings. The fourth-order valence-corrected chi connectivity index (χ4v) is 2.74. The highest BCUT2D eigenvalue weighted by Crippen LogP contribution is 2.15. The largest absolute Gasteiger partial charge is 0.357 e. The molecule has 1 aliphatic heterocycles. The van der Waals surface area contributed by atoms with Gasteiger partial charge in [0.2, 0.25) is 0 Å². The topological polar surface area (TPSA) is 69.6 Å². The van der Waals surface area contributed by atoms with Crippen LogP contribution in [0, 0.1) is 5.92 Å². The van der Waals surface area contributed by atoms with Gasteiger partial charge < -0.3 is 15.5 Å². The second-order valence-electron chi connectivity index (χ2n) is 5.93. The molecular formula is C17H27N5O. The summed E-state index contributed by atoms with van der Waals surface area (Å²) >= 11 is 0. The number of nitrogens with one attached hydrogen (secondary N) is 2. The Morgan fingerprint density at radius 3 is 3.04 bits per heavy atom.